The molecule has 1 fully saturated rings. The van der Waals surface area contributed by atoms with Crippen LogP contribution in [0.5, 0.6) is 5.75 Å². The van der Waals surface area contributed by atoms with E-state index in [0.717, 1.165) is 16.7 Å². The molecule has 1 unspecified atom stereocenters. The van der Waals surface area contributed by atoms with Gasteiger partial charge < -0.3 is 15.3 Å². The highest BCUT2D eigenvalue weighted by Gasteiger charge is 2.28. The number of carbonyl (C=O) groups excluding carboxylic acids is 1. The second kappa shape index (κ2) is 9.71. The van der Waals surface area contributed by atoms with Crippen LogP contribution in [-0.4, -0.2) is 45.3 Å². The van der Waals surface area contributed by atoms with E-state index in [0.29, 0.717) is 42.5 Å². The first-order valence-electron chi connectivity index (χ1n) is 11.3. The molecule has 0 bridgehead atoms. The average Bonchev–Trinajstić information content (AvgIpc) is 3.29. The molecule has 34 heavy (non-hydrogen) atoms. The molecule has 2 heterocycles. The first kappa shape index (κ1) is 22.2. The molecule has 1 amide bonds. The summed E-state index contributed by atoms with van der Waals surface area (Å²) in [7, 11) is 0. The SMILES string of the molecule is O=C(c1cn(Cc2ccccc2)nc1-c1ccc(Cl)cc1)N1CCNC(c2ccc(O)cc2)C1. The van der Waals surface area contributed by atoms with Crippen LogP contribution in [-0.2, 0) is 6.54 Å². The third-order valence-electron chi connectivity index (χ3n) is 6.06. The summed E-state index contributed by atoms with van der Waals surface area (Å²) in [4.78, 5) is 15.6. The topological polar surface area (TPSA) is 70.4 Å². The van der Waals surface area contributed by atoms with Crippen molar-refractivity contribution in [3.05, 3.63) is 107 Å². The van der Waals surface area contributed by atoms with Crippen molar-refractivity contribution in [1.82, 2.24) is 20.0 Å². The summed E-state index contributed by atoms with van der Waals surface area (Å²) in [6, 6.07) is 24.6. The minimum absolute atomic E-state index is 0.00311. The predicted octanol–water partition coefficient (Wildman–Crippen LogP) is 4.74. The molecule has 1 aliphatic rings. The fourth-order valence-corrected chi connectivity index (χ4v) is 4.41. The Morgan fingerprint density at radius 3 is 2.50 bits per heavy atom. The lowest BCUT2D eigenvalue weighted by Gasteiger charge is -2.34. The molecule has 7 heteroatoms. The van der Waals surface area contributed by atoms with E-state index in [1.807, 2.05) is 82.5 Å². The number of piperazine rings is 1. The summed E-state index contributed by atoms with van der Waals surface area (Å²) in [5.74, 6) is 0.181. The zero-order valence-electron chi connectivity index (χ0n) is 18.6. The summed E-state index contributed by atoms with van der Waals surface area (Å²) < 4.78 is 1.83. The van der Waals surface area contributed by atoms with Crippen LogP contribution in [0.4, 0.5) is 0 Å². The highest BCUT2D eigenvalue weighted by Crippen LogP contribution is 2.27. The van der Waals surface area contributed by atoms with Gasteiger partial charge in [0.05, 0.1) is 12.1 Å². The zero-order chi connectivity index (χ0) is 23.5. The van der Waals surface area contributed by atoms with Crippen molar-refractivity contribution in [1.29, 1.82) is 0 Å². The molecule has 0 saturated carbocycles. The first-order valence-corrected chi connectivity index (χ1v) is 11.6. The minimum Gasteiger partial charge on any atom is -0.508 e. The fourth-order valence-electron chi connectivity index (χ4n) is 4.28. The molecule has 1 atom stereocenters. The van der Waals surface area contributed by atoms with Gasteiger partial charge in [-0.3, -0.25) is 9.48 Å². The van der Waals surface area contributed by atoms with Crippen LogP contribution in [0.25, 0.3) is 11.3 Å². The largest absolute Gasteiger partial charge is 0.508 e. The Morgan fingerprint density at radius 1 is 1.03 bits per heavy atom. The zero-order valence-corrected chi connectivity index (χ0v) is 19.3. The lowest BCUT2D eigenvalue weighted by atomic mass is 10.0. The van der Waals surface area contributed by atoms with Gasteiger partial charge in [0, 0.05) is 42.5 Å². The molecule has 1 aromatic heterocycles. The highest BCUT2D eigenvalue weighted by molar-refractivity contribution is 6.30. The summed E-state index contributed by atoms with van der Waals surface area (Å²) in [5.41, 5.74) is 4.22. The molecule has 4 aromatic rings. The van der Waals surface area contributed by atoms with Crippen molar-refractivity contribution in [3.8, 4) is 17.0 Å². The summed E-state index contributed by atoms with van der Waals surface area (Å²) in [5, 5.41) is 18.5. The number of aromatic hydroxyl groups is 1. The third-order valence-corrected chi connectivity index (χ3v) is 6.31. The van der Waals surface area contributed by atoms with Crippen molar-refractivity contribution >= 4 is 17.5 Å². The molecular weight excluding hydrogens is 448 g/mol. The normalized spacial score (nSPS) is 15.9. The average molecular weight is 473 g/mol. The number of nitrogens with one attached hydrogen (secondary N) is 1. The number of aromatic nitrogens is 2. The van der Waals surface area contributed by atoms with E-state index in [9.17, 15) is 9.90 Å². The van der Waals surface area contributed by atoms with E-state index in [1.54, 1.807) is 12.1 Å². The van der Waals surface area contributed by atoms with Gasteiger partial charge in [0.1, 0.15) is 11.4 Å². The molecule has 172 valence electrons. The van der Waals surface area contributed by atoms with Crippen LogP contribution in [0, 0.1) is 0 Å². The molecular formula is C27H25ClN4O2. The number of phenolic OH excluding ortho intramolecular Hbond substituents is 1. The maximum absolute atomic E-state index is 13.7. The van der Waals surface area contributed by atoms with Gasteiger partial charge in [-0.1, -0.05) is 66.2 Å². The van der Waals surface area contributed by atoms with E-state index in [2.05, 4.69) is 5.32 Å². The minimum atomic E-state index is -0.0467. The Hall–Kier alpha value is -3.61. The summed E-state index contributed by atoms with van der Waals surface area (Å²) in [6.45, 7) is 2.41. The van der Waals surface area contributed by atoms with Crippen molar-refractivity contribution in [2.45, 2.75) is 12.6 Å². The summed E-state index contributed by atoms with van der Waals surface area (Å²) in [6.07, 6.45) is 1.84. The number of halogens is 1. The molecule has 1 saturated heterocycles. The van der Waals surface area contributed by atoms with Crippen LogP contribution < -0.4 is 5.32 Å². The number of rotatable bonds is 5. The molecule has 0 aliphatic carbocycles. The quantitative estimate of drug-likeness (QED) is 0.440. The lowest BCUT2D eigenvalue weighted by molar-refractivity contribution is 0.0703. The van der Waals surface area contributed by atoms with Crippen molar-refractivity contribution < 1.29 is 9.90 Å². The van der Waals surface area contributed by atoms with Crippen molar-refractivity contribution in [2.75, 3.05) is 19.6 Å². The number of carbonyl (C=O) groups is 1. The number of nitrogens with zero attached hydrogens (tertiary/aromatic N) is 3. The van der Waals surface area contributed by atoms with E-state index < -0.39 is 0 Å². The van der Waals surface area contributed by atoms with Crippen molar-refractivity contribution in [3.63, 3.8) is 0 Å². The Morgan fingerprint density at radius 2 is 1.76 bits per heavy atom. The van der Waals surface area contributed by atoms with Crippen LogP contribution in [0.15, 0.2) is 85.1 Å². The first-order chi connectivity index (χ1) is 16.6. The maximum Gasteiger partial charge on any atom is 0.257 e. The van der Waals surface area contributed by atoms with Gasteiger partial charge >= 0.3 is 0 Å². The molecule has 0 radical (unpaired) electrons. The van der Waals surface area contributed by atoms with Crippen LogP contribution in [0.2, 0.25) is 5.02 Å². The maximum atomic E-state index is 13.7. The second-order valence-electron chi connectivity index (χ2n) is 8.43. The van der Waals surface area contributed by atoms with E-state index in [4.69, 9.17) is 16.7 Å². The fraction of sp³-hybridized carbons (Fsp3) is 0.185. The number of hydrogen-bond donors (Lipinski definition) is 2. The Bertz CT molecular complexity index is 1270. The van der Waals surface area contributed by atoms with Gasteiger partial charge in [0.25, 0.3) is 5.91 Å². The molecule has 6 nitrogen and oxygen atoms in total. The van der Waals surface area contributed by atoms with Gasteiger partial charge in [0.15, 0.2) is 0 Å². The third kappa shape index (κ3) is 4.83. The van der Waals surface area contributed by atoms with Gasteiger partial charge in [-0.15, -0.1) is 0 Å². The van der Waals surface area contributed by atoms with E-state index in [-0.39, 0.29) is 17.7 Å². The molecule has 5 rings (SSSR count). The lowest BCUT2D eigenvalue weighted by Crippen LogP contribution is -2.48. The Kier molecular flexibility index (Phi) is 6.34. The van der Waals surface area contributed by atoms with E-state index in [1.165, 1.54) is 0 Å². The van der Waals surface area contributed by atoms with E-state index >= 15 is 0 Å². The molecule has 0 spiro atoms. The number of benzene rings is 3. The standard InChI is InChI=1S/C27H25ClN4O2/c28-22-10-6-21(7-11-22)26-24(17-32(30-26)16-19-4-2-1-3-5-19)27(34)31-15-14-29-25(18-31)20-8-12-23(33)13-9-20/h1-13,17,25,29,33H,14-16,18H2. The molecule has 3 aromatic carbocycles. The number of phenols is 1. The number of amides is 1. The smallest absolute Gasteiger partial charge is 0.257 e. The van der Waals surface area contributed by atoms with Crippen LogP contribution in [0.1, 0.15) is 27.5 Å². The van der Waals surface area contributed by atoms with Crippen LogP contribution in [0.3, 0.4) is 0 Å². The highest BCUT2D eigenvalue weighted by atomic mass is 35.5. The number of hydrogen-bond acceptors (Lipinski definition) is 4. The molecule has 2 N–H and O–H groups in total. The van der Waals surface area contributed by atoms with Gasteiger partial charge in [-0.2, -0.15) is 5.10 Å². The van der Waals surface area contributed by atoms with Crippen LogP contribution >= 0.6 is 11.6 Å². The van der Waals surface area contributed by atoms with Crippen molar-refractivity contribution in [2.24, 2.45) is 0 Å². The molecule has 1 aliphatic heterocycles. The van der Waals surface area contributed by atoms with Gasteiger partial charge in [0.2, 0.25) is 0 Å². The Labute approximate surface area is 203 Å². The van der Waals surface area contributed by atoms with Gasteiger partial charge in [-0.25, -0.2) is 0 Å². The second-order valence-corrected chi connectivity index (χ2v) is 8.87. The monoisotopic (exact) mass is 472 g/mol. The Balaban J connectivity index is 1.45. The summed E-state index contributed by atoms with van der Waals surface area (Å²) >= 11 is 6.10. The van der Waals surface area contributed by atoms with Gasteiger partial charge in [-0.05, 0) is 35.4 Å². The predicted molar refractivity (Wildman–Crippen MR) is 133 cm³/mol.